The van der Waals surface area contributed by atoms with Crippen molar-refractivity contribution in [2.24, 2.45) is 5.73 Å². The van der Waals surface area contributed by atoms with Gasteiger partial charge in [0.25, 0.3) is 5.91 Å². The lowest BCUT2D eigenvalue weighted by Gasteiger charge is -2.06. The molecule has 1 unspecified atom stereocenters. The number of hydrogen-bond acceptors (Lipinski definition) is 5. The Morgan fingerprint density at radius 1 is 1.11 bits per heavy atom. The number of nitrogen functional groups attached to an aromatic ring is 1. The summed E-state index contributed by atoms with van der Waals surface area (Å²) < 4.78 is 5.33. The monoisotopic (exact) mass is 364 g/mol. The van der Waals surface area contributed by atoms with E-state index in [9.17, 15) is 4.79 Å². The summed E-state index contributed by atoms with van der Waals surface area (Å²) in [7, 11) is 0. The van der Waals surface area contributed by atoms with Crippen LogP contribution in [0.3, 0.4) is 0 Å². The maximum absolute atomic E-state index is 12.3. The molecule has 0 spiro atoms. The summed E-state index contributed by atoms with van der Waals surface area (Å²) in [6, 6.07) is 15.2. The highest BCUT2D eigenvalue weighted by Gasteiger charge is 2.16. The first-order valence-corrected chi connectivity index (χ1v) is 9.01. The molecule has 3 aromatic rings. The number of nitrogens with zero attached hydrogens (tertiary/aromatic N) is 1. The molecule has 0 aliphatic heterocycles. The highest BCUT2D eigenvalue weighted by atomic mass is 16.3. The SMILES string of the molecule is CCCC(N)c1nc(C(=O)Nc2ccc(Cc3ccc(N)cc3)cc2)co1. The molecule has 0 bridgehead atoms. The molecular formula is C21H24N4O2. The largest absolute Gasteiger partial charge is 0.446 e. The summed E-state index contributed by atoms with van der Waals surface area (Å²) >= 11 is 0. The molecule has 5 N–H and O–H groups in total. The fraction of sp³-hybridized carbons (Fsp3) is 0.238. The summed E-state index contributed by atoms with van der Waals surface area (Å²) in [5.41, 5.74) is 15.7. The minimum atomic E-state index is -0.319. The van der Waals surface area contributed by atoms with Crippen LogP contribution in [0.15, 0.2) is 59.2 Å². The predicted molar refractivity (Wildman–Crippen MR) is 106 cm³/mol. The number of anilines is 2. The van der Waals surface area contributed by atoms with Crippen LogP contribution in [0.25, 0.3) is 0 Å². The van der Waals surface area contributed by atoms with E-state index in [1.54, 1.807) is 0 Å². The Kier molecular flexibility index (Phi) is 5.88. The summed E-state index contributed by atoms with van der Waals surface area (Å²) in [5, 5.41) is 2.82. The lowest BCUT2D eigenvalue weighted by atomic mass is 10.0. The van der Waals surface area contributed by atoms with Gasteiger partial charge < -0.3 is 21.2 Å². The molecule has 0 fully saturated rings. The number of hydrogen-bond donors (Lipinski definition) is 3. The number of carbonyl (C=O) groups is 1. The molecule has 2 aromatic carbocycles. The average molecular weight is 364 g/mol. The highest BCUT2D eigenvalue weighted by molar-refractivity contribution is 6.02. The van der Waals surface area contributed by atoms with E-state index in [1.807, 2.05) is 55.5 Å². The molecule has 6 heteroatoms. The van der Waals surface area contributed by atoms with E-state index in [-0.39, 0.29) is 17.6 Å². The summed E-state index contributed by atoms with van der Waals surface area (Å²) in [6.45, 7) is 2.04. The van der Waals surface area contributed by atoms with Gasteiger partial charge in [0.15, 0.2) is 5.69 Å². The second-order valence-electron chi connectivity index (χ2n) is 6.54. The van der Waals surface area contributed by atoms with Crippen LogP contribution in [0.4, 0.5) is 11.4 Å². The molecule has 140 valence electrons. The van der Waals surface area contributed by atoms with E-state index in [4.69, 9.17) is 15.9 Å². The molecule has 1 amide bonds. The zero-order valence-electron chi connectivity index (χ0n) is 15.3. The quantitative estimate of drug-likeness (QED) is 0.551. The van der Waals surface area contributed by atoms with E-state index in [0.717, 1.165) is 30.5 Å². The Morgan fingerprint density at radius 3 is 2.37 bits per heavy atom. The lowest BCUT2D eigenvalue weighted by molar-refractivity contribution is 0.102. The normalized spacial score (nSPS) is 11.9. The first kappa shape index (κ1) is 18.7. The maximum Gasteiger partial charge on any atom is 0.277 e. The van der Waals surface area contributed by atoms with Crippen molar-refractivity contribution in [3.63, 3.8) is 0 Å². The molecule has 0 saturated carbocycles. The summed E-state index contributed by atoms with van der Waals surface area (Å²) in [6.07, 6.45) is 3.83. The van der Waals surface area contributed by atoms with Gasteiger partial charge in [0.05, 0.1) is 6.04 Å². The molecule has 0 saturated heterocycles. The third kappa shape index (κ3) is 4.95. The first-order chi connectivity index (χ1) is 13.0. The minimum absolute atomic E-state index is 0.225. The van der Waals surface area contributed by atoms with Crippen molar-refractivity contribution in [3.8, 4) is 0 Å². The third-order valence-electron chi connectivity index (χ3n) is 4.27. The molecule has 3 rings (SSSR count). The smallest absolute Gasteiger partial charge is 0.277 e. The topological polar surface area (TPSA) is 107 Å². The Balaban J connectivity index is 1.60. The lowest BCUT2D eigenvalue weighted by Crippen LogP contribution is -2.14. The van der Waals surface area contributed by atoms with Crippen LogP contribution < -0.4 is 16.8 Å². The number of nitrogens with two attached hydrogens (primary N) is 2. The molecule has 1 atom stereocenters. The Labute approximate surface area is 158 Å². The second kappa shape index (κ2) is 8.51. The molecule has 6 nitrogen and oxygen atoms in total. The summed E-state index contributed by atoms with van der Waals surface area (Å²) in [5.74, 6) is 0.0702. The Hall–Kier alpha value is -3.12. The van der Waals surface area contributed by atoms with Crippen molar-refractivity contribution in [2.75, 3.05) is 11.1 Å². The molecule has 0 aliphatic rings. The van der Waals surface area contributed by atoms with Crippen LogP contribution >= 0.6 is 0 Å². The molecule has 0 radical (unpaired) electrons. The van der Waals surface area contributed by atoms with Crippen LogP contribution in [0.5, 0.6) is 0 Å². The number of rotatable bonds is 7. The van der Waals surface area contributed by atoms with Crippen molar-refractivity contribution in [3.05, 3.63) is 77.5 Å². The molecule has 0 aliphatic carbocycles. The standard InChI is InChI=1S/C21H24N4O2/c1-2-3-18(23)21-25-19(13-27-21)20(26)24-17-10-6-15(7-11-17)12-14-4-8-16(22)9-5-14/h4-11,13,18H,2-3,12,22-23H2,1H3,(H,24,26). The van der Waals surface area contributed by atoms with Gasteiger partial charge in [-0.1, -0.05) is 37.6 Å². The van der Waals surface area contributed by atoms with E-state index in [1.165, 1.54) is 11.8 Å². The van der Waals surface area contributed by atoms with Crippen LogP contribution in [-0.4, -0.2) is 10.9 Å². The van der Waals surface area contributed by atoms with Crippen molar-refractivity contribution >= 4 is 17.3 Å². The predicted octanol–water partition coefficient (Wildman–Crippen LogP) is 3.90. The van der Waals surface area contributed by atoms with Crippen LogP contribution in [-0.2, 0) is 6.42 Å². The van der Waals surface area contributed by atoms with Gasteiger partial charge in [-0.2, -0.15) is 0 Å². The fourth-order valence-corrected chi connectivity index (χ4v) is 2.77. The maximum atomic E-state index is 12.3. The number of carbonyl (C=O) groups excluding carboxylic acids is 1. The van der Waals surface area contributed by atoms with Crippen molar-refractivity contribution in [1.29, 1.82) is 0 Å². The zero-order valence-corrected chi connectivity index (χ0v) is 15.3. The molecule has 27 heavy (non-hydrogen) atoms. The number of aromatic nitrogens is 1. The average Bonchev–Trinajstić information content (AvgIpc) is 3.16. The Bertz CT molecular complexity index is 885. The van der Waals surface area contributed by atoms with Gasteiger partial charge >= 0.3 is 0 Å². The van der Waals surface area contributed by atoms with Crippen LogP contribution in [0.2, 0.25) is 0 Å². The van der Waals surface area contributed by atoms with Crippen molar-refractivity contribution in [1.82, 2.24) is 4.98 Å². The first-order valence-electron chi connectivity index (χ1n) is 9.01. The van der Waals surface area contributed by atoms with Gasteiger partial charge in [0.1, 0.15) is 6.26 Å². The fourth-order valence-electron chi connectivity index (χ4n) is 2.77. The molecule has 1 heterocycles. The van der Waals surface area contributed by atoms with E-state index >= 15 is 0 Å². The summed E-state index contributed by atoms with van der Waals surface area (Å²) in [4.78, 5) is 16.5. The van der Waals surface area contributed by atoms with Crippen molar-refractivity contribution in [2.45, 2.75) is 32.2 Å². The van der Waals surface area contributed by atoms with Gasteiger partial charge in [0.2, 0.25) is 5.89 Å². The molecule has 1 aromatic heterocycles. The van der Waals surface area contributed by atoms with Gasteiger partial charge in [-0.3, -0.25) is 4.79 Å². The molecular weight excluding hydrogens is 340 g/mol. The number of oxazole rings is 1. The highest BCUT2D eigenvalue weighted by Crippen LogP contribution is 2.18. The van der Waals surface area contributed by atoms with Crippen LogP contribution in [0.1, 0.15) is 53.3 Å². The minimum Gasteiger partial charge on any atom is -0.446 e. The van der Waals surface area contributed by atoms with Crippen LogP contribution in [0, 0.1) is 0 Å². The van der Waals surface area contributed by atoms with E-state index in [0.29, 0.717) is 11.6 Å². The second-order valence-corrected chi connectivity index (χ2v) is 6.54. The van der Waals surface area contributed by atoms with Gasteiger partial charge in [-0.05, 0) is 48.2 Å². The number of amides is 1. The Morgan fingerprint density at radius 2 is 1.74 bits per heavy atom. The van der Waals surface area contributed by atoms with E-state index < -0.39 is 0 Å². The van der Waals surface area contributed by atoms with E-state index in [2.05, 4.69) is 10.3 Å². The number of nitrogens with one attached hydrogen (secondary N) is 1. The third-order valence-corrected chi connectivity index (χ3v) is 4.27. The van der Waals surface area contributed by atoms with Gasteiger partial charge in [0, 0.05) is 11.4 Å². The van der Waals surface area contributed by atoms with Crippen molar-refractivity contribution < 1.29 is 9.21 Å². The van der Waals surface area contributed by atoms with Gasteiger partial charge in [-0.25, -0.2) is 4.98 Å². The van der Waals surface area contributed by atoms with Gasteiger partial charge in [-0.15, -0.1) is 0 Å². The number of benzene rings is 2. The zero-order chi connectivity index (χ0) is 19.2.